The van der Waals surface area contributed by atoms with Crippen molar-refractivity contribution in [2.75, 3.05) is 19.8 Å². The van der Waals surface area contributed by atoms with Gasteiger partial charge in [0.2, 0.25) is 0 Å². The fourth-order valence-corrected chi connectivity index (χ4v) is 2.37. The van der Waals surface area contributed by atoms with Gasteiger partial charge in [-0.05, 0) is 43.5 Å². The molecule has 1 N–H and O–H groups in total. The highest BCUT2D eigenvalue weighted by atomic mass is 79.9. The average molecular weight is 332 g/mol. The van der Waals surface area contributed by atoms with E-state index in [1.54, 1.807) is 0 Å². The standard InChI is InChI=1S/C15H23BrFNO/c1-3-7-18-14(11-19-8-4-2)9-12-5-6-13(17)10-15(12)16/h5-6,10,14,18H,3-4,7-9,11H2,1-2H3. The van der Waals surface area contributed by atoms with E-state index in [2.05, 4.69) is 35.1 Å². The summed E-state index contributed by atoms with van der Waals surface area (Å²) < 4.78 is 19.5. The van der Waals surface area contributed by atoms with Gasteiger partial charge in [0, 0.05) is 17.1 Å². The number of halogens is 2. The zero-order chi connectivity index (χ0) is 14.1. The highest BCUT2D eigenvalue weighted by Crippen LogP contribution is 2.19. The number of benzene rings is 1. The van der Waals surface area contributed by atoms with Crippen LogP contribution in [0.25, 0.3) is 0 Å². The van der Waals surface area contributed by atoms with Crippen LogP contribution < -0.4 is 5.32 Å². The van der Waals surface area contributed by atoms with E-state index in [1.807, 2.05) is 6.07 Å². The lowest BCUT2D eigenvalue weighted by Gasteiger charge is -2.19. The van der Waals surface area contributed by atoms with Crippen molar-refractivity contribution in [3.8, 4) is 0 Å². The molecule has 1 atom stereocenters. The predicted molar refractivity (Wildman–Crippen MR) is 81.0 cm³/mol. The van der Waals surface area contributed by atoms with Gasteiger partial charge in [-0.25, -0.2) is 4.39 Å². The van der Waals surface area contributed by atoms with E-state index in [4.69, 9.17) is 4.74 Å². The van der Waals surface area contributed by atoms with Crippen molar-refractivity contribution < 1.29 is 9.13 Å². The van der Waals surface area contributed by atoms with Gasteiger partial charge in [0.1, 0.15) is 5.82 Å². The molecule has 4 heteroatoms. The summed E-state index contributed by atoms with van der Waals surface area (Å²) in [5.41, 5.74) is 1.11. The first-order chi connectivity index (χ1) is 9.17. The van der Waals surface area contributed by atoms with Crippen LogP contribution >= 0.6 is 15.9 Å². The molecule has 0 heterocycles. The molecule has 0 aliphatic heterocycles. The molecule has 0 saturated heterocycles. The zero-order valence-electron chi connectivity index (χ0n) is 11.7. The lowest BCUT2D eigenvalue weighted by Crippen LogP contribution is -2.36. The second kappa shape index (κ2) is 9.45. The molecule has 1 aromatic carbocycles. The molecular formula is C15H23BrFNO. The van der Waals surface area contributed by atoms with E-state index in [-0.39, 0.29) is 11.9 Å². The van der Waals surface area contributed by atoms with Crippen molar-refractivity contribution >= 4 is 15.9 Å². The van der Waals surface area contributed by atoms with Crippen LogP contribution in [0.1, 0.15) is 32.3 Å². The molecule has 0 aliphatic rings. The molecule has 0 bridgehead atoms. The molecule has 1 aromatic rings. The Balaban J connectivity index is 2.58. The Labute approximate surface area is 123 Å². The third kappa shape index (κ3) is 6.50. The summed E-state index contributed by atoms with van der Waals surface area (Å²) in [6, 6.07) is 5.12. The Hall–Kier alpha value is -0.450. The molecule has 2 nitrogen and oxygen atoms in total. The molecule has 19 heavy (non-hydrogen) atoms. The third-order valence-corrected chi connectivity index (χ3v) is 3.57. The van der Waals surface area contributed by atoms with Gasteiger partial charge in [-0.1, -0.05) is 35.8 Å². The maximum Gasteiger partial charge on any atom is 0.124 e. The number of ether oxygens (including phenoxy) is 1. The van der Waals surface area contributed by atoms with E-state index in [1.165, 1.54) is 12.1 Å². The van der Waals surface area contributed by atoms with Gasteiger partial charge in [-0.2, -0.15) is 0 Å². The molecule has 0 fully saturated rings. The number of rotatable bonds is 9. The van der Waals surface area contributed by atoms with Crippen LogP contribution in [0.2, 0.25) is 0 Å². The molecule has 1 unspecified atom stereocenters. The van der Waals surface area contributed by atoms with E-state index >= 15 is 0 Å². The Kier molecular flexibility index (Phi) is 8.26. The SMILES string of the molecule is CCCNC(COCCC)Cc1ccc(F)cc1Br. The van der Waals surface area contributed by atoms with Gasteiger partial charge in [0.05, 0.1) is 6.61 Å². The van der Waals surface area contributed by atoms with Crippen LogP contribution in [0.4, 0.5) is 4.39 Å². The summed E-state index contributed by atoms with van der Waals surface area (Å²) in [6.45, 7) is 6.70. The fourth-order valence-electron chi connectivity index (χ4n) is 1.86. The minimum absolute atomic E-state index is 0.212. The summed E-state index contributed by atoms with van der Waals surface area (Å²) in [7, 11) is 0. The molecule has 0 aromatic heterocycles. The molecule has 1 rings (SSSR count). The van der Waals surface area contributed by atoms with Crippen molar-refractivity contribution in [2.45, 2.75) is 39.2 Å². The van der Waals surface area contributed by atoms with Crippen LogP contribution in [-0.2, 0) is 11.2 Å². The maximum absolute atomic E-state index is 13.1. The number of hydrogen-bond acceptors (Lipinski definition) is 2. The zero-order valence-corrected chi connectivity index (χ0v) is 13.3. The molecule has 0 aliphatic carbocycles. The highest BCUT2D eigenvalue weighted by molar-refractivity contribution is 9.10. The predicted octanol–water partition coefficient (Wildman–Crippen LogP) is 3.93. The Morgan fingerprint density at radius 1 is 1.32 bits per heavy atom. The van der Waals surface area contributed by atoms with Gasteiger partial charge < -0.3 is 10.1 Å². The van der Waals surface area contributed by atoms with Gasteiger partial charge in [0.15, 0.2) is 0 Å². The van der Waals surface area contributed by atoms with Crippen molar-refractivity contribution in [3.63, 3.8) is 0 Å². The van der Waals surface area contributed by atoms with Crippen LogP contribution in [0.3, 0.4) is 0 Å². The number of nitrogens with one attached hydrogen (secondary N) is 1. The molecular weight excluding hydrogens is 309 g/mol. The van der Waals surface area contributed by atoms with Crippen LogP contribution in [0.15, 0.2) is 22.7 Å². The van der Waals surface area contributed by atoms with Crippen LogP contribution in [0.5, 0.6) is 0 Å². The van der Waals surface area contributed by atoms with Crippen molar-refractivity contribution in [2.24, 2.45) is 0 Å². The van der Waals surface area contributed by atoms with Crippen LogP contribution in [0, 0.1) is 5.82 Å². The Morgan fingerprint density at radius 3 is 2.74 bits per heavy atom. The number of hydrogen-bond donors (Lipinski definition) is 1. The van der Waals surface area contributed by atoms with Gasteiger partial charge >= 0.3 is 0 Å². The first-order valence-electron chi connectivity index (χ1n) is 6.92. The molecule has 0 radical (unpaired) electrons. The van der Waals surface area contributed by atoms with E-state index in [9.17, 15) is 4.39 Å². The lowest BCUT2D eigenvalue weighted by atomic mass is 10.1. The smallest absolute Gasteiger partial charge is 0.124 e. The van der Waals surface area contributed by atoms with Gasteiger partial charge in [-0.15, -0.1) is 0 Å². The summed E-state index contributed by atoms with van der Waals surface area (Å²) in [5.74, 6) is -0.212. The second-order valence-electron chi connectivity index (χ2n) is 4.67. The molecule has 0 amide bonds. The molecule has 0 spiro atoms. The van der Waals surface area contributed by atoms with Crippen molar-refractivity contribution in [3.05, 3.63) is 34.1 Å². The fraction of sp³-hybridized carbons (Fsp3) is 0.600. The topological polar surface area (TPSA) is 21.3 Å². The summed E-state index contributed by atoms with van der Waals surface area (Å²) >= 11 is 3.42. The third-order valence-electron chi connectivity index (χ3n) is 2.83. The quantitative estimate of drug-likeness (QED) is 0.692. The summed E-state index contributed by atoms with van der Waals surface area (Å²) in [5, 5.41) is 3.48. The first-order valence-corrected chi connectivity index (χ1v) is 7.71. The summed E-state index contributed by atoms with van der Waals surface area (Å²) in [4.78, 5) is 0. The minimum atomic E-state index is -0.212. The van der Waals surface area contributed by atoms with E-state index in [0.29, 0.717) is 6.61 Å². The molecule has 108 valence electrons. The molecule has 0 saturated carbocycles. The lowest BCUT2D eigenvalue weighted by molar-refractivity contribution is 0.111. The van der Waals surface area contributed by atoms with Crippen LogP contribution in [-0.4, -0.2) is 25.8 Å². The van der Waals surface area contributed by atoms with Crippen molar-refractivity contribution in [1.29, 1.82) is 0 Å². The van der Waals surface area contributed by atoms with Crippen molar-refractivity contribution in [1.82, 2.24) is 5.32 Å². The average Bonchev–Trinajstić information content (AvgIpc) is 2.39. The van der Waals surface area contributed by atoms with E-state index < -0.39 is 0 Å². The Morgan fingerprint density at radius 2 is 2.11 bits per heavy atom. The highest BCUT2D eigenvalue weighted by Gasteiger charge is 2.11. The Bertz CT molecular complexity index is 373. The largest absolute Gasteiger partial charge is 0.380 e. The minimum Gasteiger partial charge on any atom is -0.380 e. The monoisotopic (exact) mass is 331 g/mol. The van der Waals surface area contributed by atoms with Gasteiger partial charge in [-0.3, -0.25) is 0 Å². The second-order valence-corrected chi connectivity index (χ2v) is 5.52. The first kappa shape index (κ1) is 16.6. The normalized spacial score (nSPS) is 12.6. The maximum atomic E-state index is 13.1. The van der Waals surface area contributed by atoms with Gasteiger partial charge in [0.25, 0.3) is 0 Å². The van der Waals surface area contributed by atoms with E-state index in [0.717, 1.165) is 42.5 Å². The summed E-state index contributed by atoms with van der Waals surface area (Å²) in [6.07, 6.45) is 2.96.